The molecule has 4 rings (SSSR count). The van der Waals surface area contributed by atoms with Crippen molar-refractivity contribution in [3.05, 3.63) is 35.8 Å². The predicted octanol–water partition coefficient (Wildman–Crippen LogP) is 2.60. The lowest BCUT2D eigenvalue weighted by atomic mass is 9.88. The Hall–Kier alpha value is -3.61. The maximum Gasteiger partial charge on any atom is 0.256 e. The summed E-state index contributed by atoms with van der Waals surface area (Å²) >= 11 is 0. The van der Waals surface area contributed by atoms with Crippen molar-refractivity contribution < 1.29 is 28.3 Å². The summed E-state index contributed by atoms with van der Waals surface area (Å²) in [4.78, 5) is 30.3. The molecule has 0 radical (unpaired) electrons. The molecule has 0 aliphatic heterocycles. The molecule has 5 N–H and O–H groups in total. The molecule has 206 valence electrons. The van der Waals surface area contributed by atoms with E-state index in [9.17, 15) is 18.4 Å². The third-order valence-corrected chi connectivity index (χ3v) is 7.26. The number of hydrogen-bond acceptors (Lipinski definition) is 8. The van der Waals surface area contributed by atoms with Crippen molar-refractivity contribution in [2.45, 2.75) is 64.1 Å². The van der Waals surface area contributed by atoms with Gasteiger partial charge in [-0.2, -0.15) is 4.39 Å². The van der Waals surface area contributed by atoms with E-state index in [-0.39, 0.29) is 41.5 Å². The Morgan fingerprint density at radius 3 is 2.47 bits per heavy atom. The lowest BCUT2D eigenvalue weighted by Crippen LogP contribution is -2.55. The molecule has 0 bridgehead atoms. The van der Waals surface area contributed by atoms with E-state index in [0.29, 0.717) is 5.56 Å². The SMILES string of the molecule is CC/C(=N/O)C(N)C(=O)NC(C(=O)Nc1cn([C@@H](C)c2cc(F)cnc2OC)nc1F)C(C1CC1)C1CC1. The molecule has 2 aliphatic rings. The largest absolute Gasteiger partial charge is 0.481 e. The molecule has 2 aromatic rings. The van der Waals surface area contributed by atoms with Gasteiger partial charge in [0.25, 0.3) is 5.95 Å². The quantitative estimate of drug-likeness (QED) is 0.186. The average molecular weight is 534 g/mol. The van der Waals surface area contributed by atoms with Gasteiger partial charge in [-0.3, -0.25) is 14.3 Å². The van der Waals surface area contributed by atoms with Gasteiger partial charge in [0.05, 0.1) is 31.3 Å². The number of nitrogens with one attached hydrogen (secondary N) is 2. The Morgan fingerprint density at radius 1 is 1.26 bits per heavy atom. The van der Waals surface area contributed by atoms with Gasteiger partial charge in [-0.1, -0.05) is 12.1 Å². The number of amides is 2. The van der Waals surface area contributed by atoms with Gasteiger partial charge in [0, 0.05) is 5.56 Å². The molecule has 2 amide bonds. The molecule has 2 fully saturated rings. The Labute approximate surface area is 218 Å². The van der Waals surface area contributed by atoms with Crippen molar-refractivity contribution in [2.75, 3.05) is 12.4 Å². The molecule has 2 aliphatic carbocycles. The van der Waals surface area contributed by atoms with Crippen molar-refractivity contribution in [1.29, 1.82) is 0 Å². The maximum absolute atomic E-state index is 14.9. The van der Waals surface area contributed by atoms with Crippen molar-refractivity contribution in [1.82, 2.24) is 20.1 Å². The molecule has 2 unspecified atom stereocenters. The van der Waals surface area contributed by atoms with Crippen molar-refractivity contribution >= 4 is 23.2 Å². The van der Waals surface area contributed by atoms with E-state index in [1.54, 1.807) is 13.8 Å². The Bertz CT molecular complexity index is 1200. The lowest BCUT2D eigenvalue weighted by molar-refractivity contribution is -0.128. The number of oxime groups is 1. The zero-order valence-corrected chi connectivity index (χ0v) is 21.5. The van der Waals surface area contributed by atoms with E-state index >= 15 is 0 Å². The minimum Gasteiger partial charge on any atom is -0.481 e. The molecule has 2 heterocycles. The van der Waals surface area contributed by atoms with Crippen LogP contribution in [-0.4, -0.2) is 56.7 Å². The summed E-state index contributed by atoms with van der Waals surface area (Å²) in [5.74, 6) is -2.19. The standard InChI is InChI=1S/C25H33F2N7O4/c1-4-17(33-37)20(28)23(35)31-21(19(13-5-6-13)14-7-8-14)24(36)30-18-11-34(32-22(18)27)12(2)16-9-15(26)10-29-25(16)38-3/h9-14,19-21,37H,4-8,28H2,1-3H3,(H,30,36)(H,31,35)/b33-17-/t12-,20?,21?/m0/s1. The first-order valence-electron chi connectivity index (χ1n) is 12.7. The molecule has 11 nitrogen and oxygen atoms in total. The number of aromatic nitrogens is 3. The zero-order valence-electron chi connectivity index (χ0n) is 21.5. The van der Waals surface area contributed by atoms with E-state index in [0.717, 1.165) is 31.9 Å². The topological polar surface area (TPSA) is 157 Å². The molecule has 0 saturated heterocycles. The van der Waals surface area contributed by atoms with Crippen LogP contribution < -0.4 is 21.1 Å². The fourth-order valence-electron chi connectivity index (χ4n) is 4.89. The number of methoxy groups -OCH3 is 1. The van der Waals surface area contributed by atoms with Gasteiger partial charge in [-0.15, -0.1) is 5.10 Å². The van der Waals surface area contributed by atoms with Gasteiger partial charge in [-0.05, 0) is 62.8 Å². The molecule has 2 aromatic heterocycles. The van der Waals surface area contributed by atoms with Gasteiger partial charge in [-0.25, -0.2) is 9.37 Å². The second kappa shape index (κ2) is 11.4. The van der Waals surface area contributed by atoms with Crippen molar-refractivity contribution in [3.8, 4) is 5.88 Å². The highest BCUT2D eigenvalue weighted by Crippen LogP contribution is 2.51. The maximum atomic E-state index is 14.9. The number of nitrogens with two attached hydrogens (primary N) is 1. The number of ether oxygens (including phenoxy) is 1. The third-order valence-electron chi connectivity index (χ3n) is 7.26. The molecule has 3 atom stereocenters. The zero-order chi connectivity index (χ0) is 27.6. The summed E-state index contributed by atoms with van der Waals surface area (Å²) in [7, 11) is 1.39. The summed E-state index contributed by atoms with van der Waals surface area (Å²) in [6.45, 7) is 3.35. The summed E-state index contributed by atoms with van der Waals surface area (Å²) < 4.78 is 35.1. The van der Waals surface area contributed by atoms with Crippen LogP contribution in [0.1, 0.15) is 57.6 Å². The first-order valence-corrected chi connectivity index (χ1v) is 12.7. The van der Waals surface area contributed by atoms with Crippen molar-refractivity contribution in [2.24, 2.45) is 28.6 Å². The summed E-state index contributed by atoms with van der Waals surface area (Å²) in [6.07, 6.45) is 6.33. The third kappa shape index (κ3) is 5.93. The minimum absolute atomic E-state index is 0.0830. The van der Waals surface area contributed by atoms with E-state index in [2.05, 4.69) is 25.9 Å². The molecule has 13 heteroatoms. The number of pyridine rings is 1. The number of carbonyl (C=O) groups excluding carboxylic acids is 2. The monoisotopic (exact) mass is 533 g/mol. The number of hydrogen-bond donors (Lipinski definition) is 4. The molecule has 0 aromatic carbocycles. The Morgan fingerprint density at radius 2 is 1.92 bits per heavy atom. The highest BCUT2D eigenvalue weighted by molar-refractivity contribution is 6.09. The smallest absolute Gasteiger partial charge is 0.256 e. The summed E-state index contributed by atoms with van der Waals surface area (Å²) in [6, 6.07) is -1.63. The summed E-state index contributed by atoms with van der Waals surface area (Å²) in [5, 5.41) is 21.4. The summed E-state index contributed by atoms with van der Waals surface area (Å²) in [5.41, 5.74) is 6.20. The lowest BCUT2D eigenvalue weighted by Gasteiger charge is -2.28. The first kappa shape index (κ1) is 27.4. The number of nitrogens with zero attached hydrogens (tertiary/aromatic N) is 4. The Balaban J connectivity index is 1.56. The fourth-order valence-corrected chi connectivity index (χ4v) is 4.89. The van der Waals surface area contributed by atoms with Gasteiger partial charge in [0.1, 0.15) is 23.6 Å². The molecule has 38 heavy (non-hydrogen) atoms. The first-order chi connectivity index (χ1) is 18.2. The number of carbonyl (C=O) groups is 2. The van der Waals surface area contributed by atoms with Crippen LogP contribution in [0.3, 0.4) is 0 Å². The number of rotatable bonds is 12. The van der Waals surface area contributed by atoms with Crippen LogP contribution in [0.15, 0.2) is 23.6 Å². The van der Waals surface area contributed by atoms with Crippen LogP contribution in [0.4, 0.5) is 14.5 Å². The highest BCUT2D eigenvalue weighted by atomic mass is 19.1. The Kier molecular flexibility index (Phi) is 8.24. The van der Waals surface area contributed by atoms with Crippen LogP contribution in [0.5, 0.6) is 5.88 Å². The van der Waals surface area contributed by atoms with E-state index in [1.807, 2.05) is 0 Å². The molecule has 0 spiro atoms. The van der Waals surface area contributed by atoms with Gasteiger partial charge in [0.15, 0.2) is 0 Å². The van der Waals surface area contributed by atoms with Crippen LogP contribution in [0.2, 0.25) is 0 Å². The fraction of sp³-hybridized carbons (Fsp3) is 0.560. The van der Waals surface area contributed by atoms with Gasteiger partial charge in [0.2, 0.25) is 17.7 Å². The van der Waals surface area contributed by atoms with Crippen LogP contribution >= 0.6 is 0 Å². The minimum atomic E-state index is -1.23. The van der Waals surface area contributed by atoms with Gasteiger partial charge >= 0.3 is 0 Å². The number of anilines is 1. The molecule has 2 saturated carbocycles. The van der Waals surface area contributed by atoms with E-state index in [4.69, 9.17) is 15.7 Å². The van der Waals surface area contributed by atoms with E-state index in [1.165, 1.54) is 24.1 Å². The highest BCUT2D eigenvalue weighted by Gasteiger charge is 2.48. The van der Waals surface area contributed by atoms with Gasteiger partial charge < -0.3 is 26.3 Å². The van der Waals surface area contributed by atoms with Crippen LogP contribution in [0.25, 0.3) is 0 Å². The van der Waals surface area contributed by atoms with E-state index < -0.39 is 41.7 Å². The average Bonchev–Trinajstić information content (AvgIpc) is 3.84. The van der Waals surface area contributed by atoms with Crippen molar-refractivity contribution in [3.63, 3.8) is 0 Å². The number of halogens is 2. The molecular formula is C25H33F2N7O4. The second-order valence-electron chi connectivity index (χ2n) is 9.89. The predicted molar refractivity (Wildman–Crippen MR) is 134 cm³/mol. The normalized spacial score (nSPS) is 18.1. The van der Waals surface area contributed by atoms with Crippen LogP contribution in [0, 0.1) is 29.5 Å². The second-order valence-corrected chi connectivity index (χ2v) is 9.89. The van der Waals surface area contributed by atoms with Crippen LogP contribution in [-0.2, 0) is 9.59 Å². The molecular weight excluding hydrogens is 500 g/mol.